The number of rotatable bonds is 6. The predicted octanol–water partition coefficient (Wildman–Crippen LogP) is 1.46. The summed E-state index contributed by atoms with van der Waals surface area (Å²) in [7, 11) is 0. The normalized spacial score (nSPS) is 12.4. The summed E-state index contributed by atoms with van der Waals surface area (Å²) in [6.07, 6.45) is 0.676. The van der Waals surface area contributed by atoms with Gasteiger partial charge in [-0.15, -0.1) is 0 Å². The minimum atomic E-state index is -0.402. The van der Waals surface area contributed by atoms with Gasteiger partial charge in [0.05, 0.1) is 4.92 Å². The third-order valence-electron chi connectivity index (χ3n) is 2.34. The minimum Gasteiger partial charge on any atom is -0.396 e. The van der Waals surface area contributed by atoms with E-state index in [-0.39, 0.29) is 18.3 Å². The van der Waals surface area contributed by atoms with Gasteiger partial charge in [0.2, 0.25) is 0 Å². The molecular weight excluding hydrogens is 208 g/mol. The molecule has 0 aliphatic rings. The monoisotopic (exact) mass is 224 g/mol. The Kier molecular flexibility index (Phi) is 4.88. The molecule has 0 aliphatic carbocycles. The van der Waals surface area contributed by atoms with Crippen LogP contribution in [0.4, 0.5) is 5.69 Å². The molecule has 0 saturated heterocycles. The molecule has 1 rings (SSSR count). The Balaban J connectivity index is 2.54. The standard InChI is InChI=1S/C11H16N2O3/c1-9(5-6-14)12-8-10-3-2-4-11(7-10)13(15)16/h2-4,7,9,12,14H,5-6,8H2,1H3. The molecule has 0 aliphatic heterocycles. The van der Waals surface area contributed by atoms with Gasteiger partial charge >= 0.3 is 0 Å². The van der Waals surface area contributed by atoms with E-state index in [2.05, 4.69) is 5.32 Å². The van der Waals surface area contributed by atoms with Gasteiger partial charge in [0.25, 0.3) is 5.69 Å². The number of hydrogen-bond acceptors (Lipinski definition) is 4. The summed E-state index contributed by atoms with van der Waals surface area (Å²) >= 11 is 0. The molecule has 0 aromatic heterocycles. The van der Waals surface area contributed by atoms with Gasteiger partial charge in [-0.3, -0.25) is 10.1 Å². The van der Waals surface area contributed by atoms with Gasteiger partial charge in [-0.1, -0.05) is 12.1 Å². The quantitative estimate of drug-likeness (QED) is 0.566. The zero-order chi connectivity index (χ0) is 12.0. The van der Waals surface area contributed by atoms with Crippen molar-refractivity contribution < 1.29 is 10.0 Å². The molecule has 0 amide bonds. The number of hydrogen-bond donors (Lipinski definition) is 2. The van der Waals surface area contributed by atoms with E-state index >= 15 is 0 Å². The second-order valence-electron chi connectivity index (χ2n) is 3.72. The number of nitrogens with one attached hydrogen (secondary N) is 1. The zero-order valence-corrected chi connectivity index (χ0v) is 9.22. The van der Waals surface area contributed by atoms with E-state index in [4.69, 9.17) is 5.11 Å². The number of aliphatic hydroxyl groups excluding tert-OH is 1. The average Bonchev–Trinajstić information content (AvgIpc) is 2.27. The molecule has 0 bridgehead atoms. The van der Waals surface area contributed by atoms with Gasteiger partial charge in [-0.05, 0) is 18.9 Å². The van der Waals surface area contributed by atoms with Gasteiger partial charge in [-0.2, -0.15) is 0 Å². The lowest BCUT2D eigenvalue weighted by molar-refractivity contribution is -0.384. The highest BCUT2D eigenvalue weighted by Crippen LogP contribution is 2.12. The van der Waals surface area contributed by atoms with Crippen LogP contribution in [0.2, 0.25) is 0 Å². The molecule has 0 saturated carbocycles. The molecular formula is C11H16N2O3. The topological polar surface area (TPSA) is 75.4 Å². The highest BCUT2D eigenvalue weighted by molar-refractivity contribution is 5.34. The molecule has 16 heavy (non-hydrogen) atoms. The van der Waals surface area contributed by atoms with Crippen LogP contribution in [0.15, 0.2) is 24.3 Å². The summed E-state index contributed by atoms with van der Waals surface area (Å²) < 4.78 is 0. The number of nitro benzene ring substituents is 1. The third-order valence-corrected chi connectivity index (χ3v) is 2.34. The van der Waals surface area contributed by atoms with Gasteiger partial charge in [0.15, 0.2) is 0 Å². The van der Waals surface area contributed by atoms with Gasteiger partial charge in [0, 0.05) is 31.3 Å². The molecule has 0 radical (unpaired) electrons. The Morgan fingerprint density at radius 2 is 2.31 bits per heavy atom. The largest absolute Gasteiger partial charge is 0.396 e. The SMILES string of the molecule is CC(CCO)NCc1cccc([N+](=O)[O-])c1. The molecule has 1 aromatic carbocycles. The maximum Gasteiger partial charge on any atom is 0.269 e. The summed E-state index contributed by atoms with van der Waals surface area (Å²) in [5, 5.41) is 22.5. The van der Waals surface area contributed by atoms with Crippen LogP contribution in [0.1, 0.15) is 18.9 Å². The van der Waals surface area contributed by atoms with Gasteiger partial charge < -0.3 is 10.4 Å². The van der Waals surface area contributed by atoms with E-state index in [1.54, 1.807) is 12.1 Å². The van der Waals surface area contributed by atoms with Crippen LogP contribution in [-0.4, -0.2) is 22.7 Å². The summed E-state index contributed by atoms with van der Waals surface area (Å²) in [5.74, 6) is 0. The molecule has 0 spiro atoms. The van der Waals surface area contributed by atoms with Crippen molar-refractivity contribution in [2.75, 3.05) is 6.61 Å². The van der Waals surface area contributed by atoms with Crippen molar-refractivity contribution in [3.05, 3.63) is 39.9 Å². The van der Waals surface area contributed by atoms with E-state index in [1.165, 1.54) is 6.07 Å². The maximum absolute atomic E-state index is 10.5. The van der Waals surface area contributed by atoms with E-state index in [9.17, 15) is 10.1 Å². The Morgan fingerprint density at radius 1 is 1.56 bits per heavy atom. The molecule has 0 heterocycles. The maximum atomic E-state index is 10.5. The van der Waals surface area contributed by atoms with Crippen molar-refractivity contribution >= 4 is 5.69 Å². The summed E-state index contributed by atoms with van der Waals surface area (Å²) in [6, 6.07) is 6.74. The fourth-order valence-electron chi connectivity index (χ4n) is 1.37. The van der Waals surface area contributed by atoms with Crippen LogP contribution in [0, 0.1) is 10.1 Å². The first-order chi connectivity index (χ1) is 7.63. The van der Waals surface area contributed by atoms with Crippen LogP contribution in [0.25, 0.3) is 0 Å². The van der Waals surface area contributed by atoms with Crippen molar-refractivity contribution in [2.45, 2.75) is 25.9 Å². The lowest BCUT2D eigenvalue weighted by Gasteiger charge is -2.11. The molecule has 5 nitrogen and oxygen atoms in total. The van der Waals surface area contributed by atoms with Crippen molar-refractivity contribution in [2.24, 2.45) is 0 Å². The smallest absolute Gasteiger partial charge is 0.269 e. The molecule has 1 unspecified atom stereocenters. The first-order valence-corrected chi connectivity index (χ1v) is 5.21. The highest BCUT2D eigenvalue weighted by atomic mass is 16.6. The van der Waals surface area contributed by atoms with Crippen molar-refractivity contribution in [1.82, 2.24) is 5.32 Å². The zero-order valence-electron chi connectivity index (χ0n) is 9.22. The first-order valence-electron chi connectivity index (χ1n) is 5.21. The summed E-state index contributed by atoms with van der Waals surface area (Å²) in [5.41, 5.74) is 0.980. The fraction of sp³-hybridized carbons (Fsp3) is 0.455. The Bertz CT molecular complexity index is 355. The second-order valence-corrected chi connectivity index (χ2v) is 3.72. The third kappa shape index (κ3) is 3.96. The number of nitrogens with zero attached hydrogens (tertiary/aromatic N) is 1. The number of non-ortho nitro benzene ring substituents is 1. The number of nitro groups is 1. The van der Waals surface area contributed by atoms with Crippen molar-refractivity contribution in [3.63, 3.8) is 0 Å². The Labute approximate surface area is 94.3 Å². The summed E-state index contributed by atoms with van der Waals surface area (Å²) in [4.78, 5) is 10.1. The number of aliphatic hydroxyl groups is 1. The molecule has 2 N–H and O–H groups in total. The Morgan fingerprint density at radius 3 is 2.94 bits per heavy atom. The van der Waals surface area contributed by atoms with E-state index in [0.29, 0.717) is 13.0 Å². The van der Waals surface area contributed by atoms with Crippen molar-refractivity contribution in [1.29, 1.82) is 0 Å². The van der Waals surface area contributed by atoms with Gasteiger partial charge in [0.1, 0.15) is 0 Å². The predicted molar refractivity (Wildman–Crippen MR) is 61.1 cm³/mol. The highest BCUT2D eigenvalue weighted by Gasteiger charge is 2.06. The first kappa shape index (κ1) is 12.6. The van der Waals surface area contributed by atoms with Crippen LogP contribution < -0.4 is 5.32 Å². The lowest BCUT2D eigenvalue weighted by Crippen LogP contribution is -2.26. The average molecular weight is 224 g/mol. The minimum absolute atomic E-state index is 0.106. The summed E-state index contributed by atoms with van der Waals surface area (Å²) in [6.45, 7) is 2.68. The molecule has 1 atom stereocenters. The van der Waals surface area contributed by atoms with E-state index in [1.807, 2.05) is 13.0 Å². The van der Waals surface area contributed by atoms with Crippen LogP contribution in [-0.2, 0) is 6.54 Å². The molecule has 1 aromatic rings. The molecule has 0 fully saturated rings. The van der Waals surface area contributed by atoms with E-state index in [0.717, 1.165) is 5.56 Å². The van der Waals surface area contributed by atoms with Crippen LogP contribution in [0.3, 0.4) is 0 Å². The lowest BCUT2D eigenvalue weighted by atomic mass is 10.2. The van der Waals surface area contributed by atoms with Crippen molar-refractivity contribution in [3.8, 4) is 0 Å². The number of benzene rings is 1. The molecule has 88 valence electrons. The van der Waals surface area contributed by atoms with E-state index < -0.39 is 4.92 Å². The van der Waals surface area contributed by atoms with Gasteiger partial charge in [-0.25, -0.2) is 0 Å². The van der Waals surface area contributed by atoms with Crippen LogP contribution >= 0.6 is 0 Å². The fourth-order valence-corrected chi connectivity index (χ4v) is 1.37. The van der Waals surface area contributed by atoms with Crippen LogP contribution in [0.5, 0.6) is 0 Å². The Hall–Kier alpha value is -1.46. The second kappa shape index (κ2) is 6.19. The molecule has 5 heteroatoms.